The molecule has 1 heterocycles. The van der Waals surface area contributed by atoms with Crippen molar-refractivity contribution in [2.24, 2.45) is 5.41 Å². The molecule has 2 fully saturated rings. The van der Waals surface area contributed by atoms with E-state index in [2.05, 4.69) is 33.0 Å². The zero-order chi connectivity index (χ0) is 10.6. The Bertz CT molecular complexity index is 263. The van der Waals surface area contributed by atoms with Crippen LogP contribution in [0.2, 0.25) is 0 Å². The van der Waals surface area contributed by atoms with Crippen LogP contribution in [0.3, 0.4) is 0 Å². The lowest BCUT2D eigenvalue weighted by molar-refractivity contribution is -0.131. The molecular weight excluding hydrogens is 176 g/mol. The van der Waals surface area contributed by atoms with E-state index in [4.69, 9.17) is 0 Å². The van der Waals surface area contributed by atoms with Crippen LogP contribution in [0, 0.1) is 5.41 Å². The molecule has 1 amide bonds. The molecule has 1 N–H and O–H groups in total. The third-order valence-corrected chi connectivity index (χ3v) is 3.02. The molecule has 2 rings (SSSR count). The Morgan fingerprint density at radius 3 is 2.43 bits per heavy atom. The van der Waals surface area contributed by atoms with Gasteiger partial charge in [-0.3, -0.25) is 10.1 Å². The molecule has 1 aliphatic heterocycles. The second-order valence-electron chi connectivity index (χ2n) is 5.90. The maximum Gasteiger partial charge on any atom is 0.244 e. The monoisotopic (exact) mass is 196 g/mol. The third kappa shape index (κ3) is 1.54. The molecule has 2 aliphatic rings. The van der Waals surface area contributed by atoms with Crippen LogP contribution in [-0.2, 0) is 4.79 Å². The Hall–Kier alpha value is -0.570. The lowest BCUT2D eigenvalue weighted by Gasteiger charge is -2.29. The van der Waals surface area contributed by atoms with Crippen LogP contribution in [0.15, 0.2) is 0 Å². The van der Waals surface area contributed by atoms with Gasteiger partial charge in [-0.25, -0.2) is 0 Å². The zero-order valence-corrected chi connectivity index (χ0v) is 9.55. The average molecular weight is 196 g/mol. The van der Waals surface area contributed by atoms with Crippen molar-refractivity contribution < 1.29 is 4.79 Å². The molecule has 3 heteroatoms. The number of carbonyl (C=O) groups excluding carboxylic acids is 1. The first-order valence-electron chi connectivity index (χ1n) is 5.43. The number of hydrogen-bond donors (Lipinski definition) is 1. The second-order valence-corrected chi connectivity index (χ2v) is 5.90. The summed E-state index contributed by atoms with van der Waals surface area (Å²) in [6.07, 6.45) is 2.26. The summed E-state index contributed by atoms with van der Waals surface area (Å²) in [7, 11) is 0. The topological polar surface area (TPSA) is 32.3 Å². The van der Waals surface area contributed by atoms with Gasteiger partial charge in [0.15, 0.2) is 0 Å². The van der Waals surface area contributed by atoms with Crippen molar-refractivity contribution in [2.45, 2.75) is 52.2 Å². The van der Waals surface area contributed by atoms with Crippen LogP contribution < -0.4 is 5.32 Å². The number of nitrogens with zero attached hydrogens (tertiary/aromatic N) is 1. The Morgan fingerprint density at radius 2 is 2.07 bits per heavy atom. The number of rotatable bonds is 1. The highest BCUT2D eigenvalue weighted by molar-refractivity contribution is 5.91. The van der Waals surface area contributed by atoms with Gasteiger partial charge >= 0.3 is 0 Å². The van der Waals surface area contributed by atoms with E-state index in [9.17, 15) is 4.79 Å². The molecule has 1 unspecified atom stereocenters. The van der Waals surface area contributed by atoms with Crippen molar-refractivity contribution in [1.29, 1.82) is 0 Å². The second kappa shape index (κ2) is 2.72. The van der Waals surface area contributed by atoms with Gasteiger partial charge in [-0.1, -0.05) is 20.8 Å². The van der Waals surface area contributed by atoms with Gasteiger partial charge in [0.05, 0.1) is 11.7 Å². The predicted octanol–water partition coefficient (Wildman–Crippen LogP) is 1.34. The highest BCUT2D eigenvalue weighted by atomic mass is 16.2. The maximum atomic E-state index is 12.0. The lowest BCUT2D eigenvalue weighted by atomic mass is 9.96. The van der Waals surface area contributed by atoms with Crippen molar-refractivity contribution in [3.8, 4) is 0 Å². The van der Waals surface area contributed by atoms with Crippen LogP contribution >= 0.6 is 0 Å². The summed E-state index contributed by atoms with van der Waals surface area (Å²) in [5.74, 6) is 0.319. The standard InChI is InChI=1S/C11H20N2O/c1-8-12-11(5-6-11)9(14)13(8)7-10(2,3)4/h8,12H,5-7H2,1-4H3. The lowest BCUT2D eigenvalue weighted by Crippen LogP contribution is -2.40. The molecule has 1 spiro atoms. The fraction of sp³-hybridized carbons (Fsp3) is 0.909. The summed E-state index contributed by atoms with van der Waals surface area (Å²) in [5, 5.41) is 3.40. The van der Waals surface area contributed by atoms with E-state index in [0.29, 0.717) is 5.91 Å². The number of amides is 1. The summed E-state index contributed by atoms with van der Waals surface area (Å²) >= 11 is 0. The third-order valence-electron chi connectivity index (χ3n) is 3.02. The van der Waals surface area contributed by atoms with E-state index in [0.717, 1.165) is 19.4 Å². The molecule has 0 bridgehead atoms. The first-order valence-corrected chi connectivity index (χ1v) is 5.43. The Balaban J connectivity index is 2.09. The first-order chi connectivity index (χ1) is 6.34. The first kappa shape index (κ1) is 9.97. The van der Waals surface area contributed by atoms with E-state index in [1.165, 1.54) is 0 Å². The van der Waals surface area contributed by atoms with Crippen molar-refractivity contribution in [1.82, 2.24) is 10.2 Å². The molecule has 1 saturated heterocycles. The van der Waals surface area contributed by atoms with Gasteiger partial charge < -0.3 is 4.90 Å². The molecule has 1 saturated carbocycles. The maximum absolute atomic E-state index is 12.0. The number of nitrogens with one attached hydrogen (secondary N) is 1. The van der Waals surface area contributed by atoms with Crippen LogP contribution in [0.25, 0.3) is 0 Å². The van der Waals surface area contributed by atoms with E-state index >= 15 is 0 Å². The molecular formula is C11H20N2O. The average Bonchev–Trinajstić information content (AvgIpc) is 2.74. The Morgan fingerprint density at radius 1 is 1.50 bits per heavy atom. The smallest absolute Gasteiger partial charge is 0.244 e. The quantitative estimate of drug-likeness (QED) is 0.686. The summed E-state index contributed by atoms with van der Waals surface area (Å²) < 4.78 is 0. The molecule has 0 aromatic heterocycles. The summed E-state index contributed by atoms with van der Waals surface area (Å²) in [6.45, 7) is 9.44. The molecule has 80 valence electrons. The van der Waals surface area contributed by atoms with Gasteiger partial charge in [-0.05, 0) is 25.2 Å². The molecule has 3 nitrogen and oxygen atoms in total. The minimum Gasteiger partial charge on any atom is -0.325 e. The van der Waals surface area contributed by atoms with Crippen molar-refractivity contribution in [3.05, 3.63) is 0 Å². The largest absolute Gasteiger partial charge is 0.325 e. The van der Waals surface area contributed by atoms with E-state index < -0.39 is 0 Å². The minimum atomic E-state index is -0.148. The van der Waals surface area contributed by atoms with Crippen molar-refractivity contribution >= 4 is 5.91 Å². The van der Waals surface area contributed by atoms with E-state index in [-0.39, 0.29) is 17.1 Å². The molecule has 0 aromatic carbocycles. The fourth-order valence-corrected chi connectivity index (χ4v) is 2.19. The van der Waals surface area contributed by atoms with Crippen LogP contribution in [0.1, 0.15) is 40.5 Å². The van der Waals surface area contributed by atoms with E-state index in [1.54, 1.807) is 0 Å². The van der Waals surface area contributed by atoms with Crippen LogP contribution in [-0.4, -0.2) is 29.1 Å². The highest BCUT2D eigenvalue weighted by Gasteiger charge is 2.58. The Kier molecular flexibility index (Phi) is 1.94. The number of hydrogen-bond acceptors (Lipinski definition) is 2. The van der Waals surface area contributed by atoms with Gasteiger partial charge in [0, 0.05) is 6.54 Å². The molecule has 1 aliphatic carbocycles. The van der Waals surface area contributed by atoms with Crippen molar-refractivity contribution in [3.63, 3.8) is 0 Å². The predicted molar refractivity (Wildman–Crippen MR) is 55.7 cm³/mol. The van der Waals surface area contributed by atoms with Gasteiger partial charge in [0.1, 0.15) is 0 Å². The highest BCUT2D eigenvalue weighted by Crippen LogP contribution is 2.42. The Labute approximate surface area is 85.8 Å². The van der Waals surface area contributed by atoms with Gasteiger partial charge in [0.2, 0.25) is 5.91 Å². The molecule has 0 aromatic rings. The minimum absolute atomic E-state index is 0.148. The number of carbonyl (C=O) groups is 1. The van der Waals surface area contributed by atoms with Crippen molar-refractivity contribution in [2.75, 3.05) is 6.54 Å². The normalized spacial score (nSPS) is 30.1. The summed E-state index contributed by atoms with van der Waals surface area (Å²) in [4.78, 5) is 14.0. The summed E-state index contributed by atoms with van der Waals surface area (Å²) in [5.41, 5.74) is 0.0384. The molecule has 0 radical (unpaired) electrons. The molecule has 14 heavy (non-hydrogen) atoms. The van der Waals surface area contributed by atoms with Gasteiger partial charge in [0.25, 0.3) is 0 Å². The summed E-state index contributed by atoms with van der Waals surface area (Å²) in [6, 6.07) is 0. The fourth-order valence-electron chi connectivity index (χ4n) is 2.19. The van der Waals surface area contributed by atoms with Crippen LogP contribution in [0.5, 0.6) is 0 Å². The van der Waals surface area contributed by atoms with Gasteiger partial charge in [-0.2, -0.15) is 0 Å². The SMILES string of the molecule is CC1NC2(CC2)C(=O)N1CC(C)(C)C. The molecule has 1 atom stereocenters. The van der Waals surface area contributed by atoms with Gasteiger partial charge in [-0.15, -0.1) is 0 Å². The van der Waals surface area contributed by atoms with Crippen LogP contribution in [0.4, 0.5) is 0 Å². The van der Waals surface area contributed by atoms with E-state index in [1.807, 2.05) is 4.90 Å². The zero-order valence-electron chi connectivity index (χ0n) is 9.55.